The molecule has 106 valence electrons. The van der Waals surface area contributed by atoms with Crippen LogP contribution in [0, 0.1) is 0 Å². The normalized spacial score (nSPS) is 15.2. The molecule has 3 rings (SSSR count). The van der Waals surface area contributed by atoms with Crippen LogP contribution in [-0.2, 0) is 17.7 Å². The van der Waals surface area contributed by atoms with Crippen LogP contribution in [0.5, 0.6) is 0 Å². The minimum Gasteiger partial charge on any atom is -0.456 e. The largest absolute Gasteiger partial charge is 0.456 e. The molecular formula is C16H20N2O2. The van der Waals surface area contributed by atoms with Crippen molar-refractivity contribution in [1.29, 1.82) is 0 Å². The van der Waals surface area contributed by atoms with E-state index in [-0.39, 0.29) is 5.97 Å². The third-order valence-corrected chi connectivity index (χ3v) is 3.50. The Balaban J connectivity index is 2.08. The smallest absolute Gasteiger partial charge is 0.340 e. The zero-order valence-electron chi connectivity index (χ0n) is 12.2. The fourth-order valence-corrected chi connectivity index (χ4v) is 2.67. The zero-order chi connectivity index (χ0) is 14.3. The van der Waals surface area contributed by atoms with Crippen LogP contribution in [0.25, 0.3) is 10.9 Å². The molecule has 0 unspecified atom stereocenters. The molecule has 1 aromatic heterocycles. The third kappa shape index (κ3) is 2.31. The Morgan fingerprint density at radius 2 is 2.10 bits per heavy atom. The van der Waals surface area contributed by atoms with E-state index in [1.54, 1.807) is 0 Å². The summed E-state index contributed by atoms with van der Waals surface area (Å²) in [5.74, 6) is -0.269. The second-order valence-corrected chi connectivity index (χ2v) is 6.24. The highest BCUT2D eigenvalue weighted by atomic mass is 16.6. The van der Waals surface area contributed by atoms with Crippen molar-refractivity contribution >= 4 is 16.9 Å². The summed E-state index contributed by atoms with van der Waals surface area (Å²) in [5.41, 5.74) is 3.54. The molecule has 0 atom stereocenters. The molecule has 1 aliphatic rings. The van der Waals surface area contributed by atoms with Gasteiger partial charge in [0.25, 0.3) is 0 Å². The van der Waals surface area contributed by atoms with Gasteiger partial charge in [-0.2, -0.15) is 0 Å². The van der Waals surface area contributed by atoms with E-state index in [1.807, 2.05) is 32.9 Å². The Morgan fingerprint density at radius 1 is 1.30 bits per heavy atom. The van der Waals surface area contributed by atoms with E-state index >= 15 is 0 Å². The van der Waals surface area contributed by atoms with E-state index < -0.39 is 5.60 Å². The van der Waals surface area contributed by atoms with Gasteiger partial charge in [-0.15, -0.1) is 0 Å². The first-order valence-electron chi connectivity index (χ1n) is 7.02. The summed E-state index contributed by atoms with van der Waals surface area (Å²) in [7, 11) is 0. The number of rotatable bonds is 1. The number of fused-ring (bicyclic) bond motifs is 3. The van der Waals surface area contributed by atoms with Crippen LogP contribution >= 0.6 is 0 Å². The Hall–Kier alpha value is -1.81. The van der Waals surface area contributed by atoms with Gasteiger partial charge in [0, 0.05) is 30.6 Å². The maximum absolute atomic E-state index is 12.3. The number of aromatic nitrogens is 1. The minimum absolute atomic E-state index is 0.269. The fourth-order valence-electron chi connectivity index (χ4n) is 2.67. The number of nitrogens with one attached hydrogen (secondary N) is 2. The Bertz CT molecular complexity index is 665. The van der Waals surface area contributed by atoms with Crippen LogP contribution in [0.4, 0.5) is 0 Å². The molecule has 1 aromatic carbocycles. The van der Waals surface area contributed by atoms with Crippen LogP contribution in [0.3, 0.4) is 0 Å². The molecule has 4 heteroatoms. The molecule has 0 saturated carbocycles. The van der Waals surface area contributed by atoms with Crippen molar-refractivity contribution in [3.8, 4) is 0 Å². The van der Waals surface area contributed by atoms with Gasteiger partial charge in [-0.25, -0.2) is 4.79 Å². The van der Waals surface area contributed by atoms with Gasteiger partial charge in [0.1, 0.15) is 5.60 Å². The van der Waals surface area contributed by atoms with Gasteiger partial charge in [0.2, 0.25) is 0 Å². The predicted molar refractivity (Wildman–Crippen MR) is 78.9 cm³/mol. The van der Waals surface area contributed by atoms with Gasteiger partial charge in [-0.3, -0.25) is 0 Å². The second kappa shape index (κ2) is 4.63. The predicted octanol–water partition coefficient (Wildman–Crippen LogP) is 2.77. The molecule has 2 N–H and O–H groups in total. The van der Waals surface area contributed by atoms with E-state index in [4.69, 9.17) is 4.74 Å². The number of benzene rings is 1. The highest BCUT2D eigenvalue weighted by Crippen LogP contribution is 2.28. The van der Waals surface area contributed by atoms with Gasteiger partial charge in [0.05, 0.1) is 11.1 Å². The average Bonchev–Trinajstić information content (AvgIpc) is 2.75. The molecule has 0 fully saturated rings. The van der Waals surface area contributed by atoms with Crippen LogP contribution in [0.1, 0.15) is 42.4 Å². The lowest BCUT2D eigenvalue weighted by atomic mass is 10.0. The highest BCUT2D eigenvalue weighted by molar-refractivity contribution is 6.04. The van der Waals surface area contributed by atoms with Crippen molar-refractivity contribution in [2.45, 2.75) is 39.3 Å². The monoisotopic (exact) mass is 272 g/mol. The summed E-state index contributed by atoms with van der Waals surface area (Å²) in [4.78, 5) is 15.7. The molecule has 0 amide bonds. The molecule has 0 radical (unpaired) electrons. The maximum Gasteiger partial charge on any atom is 0.340 e. The van der Waals surface area contributed by atoms with Crippen LogP contribution in [0.15, 0.2) is 18.2 Å². The van der Waals surface area contributed by atoms with E-state index in [0.717, 1.165) is 30.4 Å². The van der Waals surface area contributed by atoms with Crippen LogP contribution in [0.2, 0.25) is 0 Å². The number of aromatic amines is 1. The third-order valence-electron chi connectivity index (χ3n) is 3.50. The van der Waals surface area contributed by atoms with Crippen molar-refractivity contribution in [1.82, 2.24) is 10.3 Å². The fraction of sp³-hybridized carbons (Fsp3) is 0.438. The SMILES string of the molecule is CC(C)(C)OC(=O)c1cccc2c3c([nH]c12)CCNC3. The number of para-hydroxylation sites is 1. The molecular weight excluding hydrogens is 252 g/mol. The topological polar surface area (TPSA) is 54.1 Å². The van der Waals surface area contributed by atoms with Crippen LogP contribution < -0.4 is 5.32 Å². The average molecular weight is 272 g/mol. The Labute approximate surface area is 118 Å². The molecule has 2 heterocycles. The quantitative estimate of drug-likeness (QED) is 0.785. The van der Waals surface area contributed by atoms with Crippen LogP contribution in [-0.4, -0.2) is 23.1 Å². The molecule has 0 bridgehead atoms. The minimum atomic E-state index is -0.479. The standard InChI is InChI=1S/C16H20N2O2/c1-16(2,3)20-15(19)11-6-4-5-10-12-9-17-8-7-13(12)18-14(10)11/h4-6,17-18H,7-9H2,1-3H3. The lowest BCUT2D eigenvalue weighted by Gasteiger charge is -2.19. The number of hydrogen-bond acceptors (Lipinski definition) is 3. The summed E-state index contributed by atoms with van der Waals surface area (Å²) < 4.78 is 5.49. The van der Waals surface area contributed by atoms with Crippen molar-refractivity contribution < 1.29 is 9.53 Å². The lowest BCUT2D eigenvalue weighted by molar-refractivity contribution is 0.00717. The Morgan fingerprint density at radius 3 is 2.85 bits per heavy atom. The molecule has 0 saturated heterocycles. The highest BCUT2D eigenvalue weighted by Gasteiger charge is 2.22. The van der Waals surface area contributed by atoms with Gasteiger partial charge < -0.3 is 15.0 Å². The molecule has 1 aliphatic heterocycles. The lowest BCUT2D eigenvalue weighted by Crippen LogP contribution is -2.24. The van der Waals surface area contributed by atoms with Crippen molar-refractivity contribution in [3.05, 3.63) is 35.0 Å². The number of carbonyl (C=O) groups excluding carboxylic acids is 1. The summed E-state index contributed by atoms with van der Waals surface area (Å²) in [5, 5.41) is 4.49. The number of ether oxygens (including phenoxy) is 1. The van der Waals surface area contributed by atoms with Gasteiger partial charge in [-0.1, -0.05) is 12.1 Å². The second-order valence-electron chi connectivity index (χ2n) is 6.24. The number of esters is 1. The van der Waals surface area contributed by atoms with E-state index in [1.165, 1.54) is 11.3 Å². The van der Waals surface area contributed by atoms with Gasteiger partial charge in [0.15, 0.2) is 0 Å². The molecule has 4 nitrogen and oxygen atoms in total. The van der Waals surface area contributed by atoms with E-state index in [0.29, 0.717) is 5.56 Å². The molecule has 0 aliphatic carbocycles. The summed E-state index contributed by atoms with van der Waals surface area (Å²) >= 11 is 0. The first kappa shape index (κ1) is 13.2. The van der Waals surface area contributed by atoms with E-state index in [2.05, 4.69) is 16.4 Å². The van der Waals surface area contributed by atoms with E-state index in [9.17, 15) is 4.79 Å². The Kier molecular flexibility index (Phi) is 3.05. The number of H-pyrrole nitrogens is 1. The number of carbonyl (C=O) groups is 1. The summed E-state index contributed by atoms with van der Waals surface area (Å²) in [6.07, 6.45) is 0.970. The zero-order valence-corrected chi connectivity index (χ0v) is 12.2. The molecule has 0 spiro atoms. The first-order valence-corrected chi connectivity index (χ1v) is 7.02. The van der Waals surface area contributed by atoms with Crippen molar-refractivity contribution in [2.24, 2.45) is 0 Å². The van der Waals surface area contributed by atoms with Gasteiger partial charge in [-0.05, 0) is 32.4 Å². The van der Waals surface area contributed by atoms with Crippen molar-refractivity contribution in [2.75, 3.05) is 6.54 Å². The molecule has 20 heavy (non-hydrogen) atoms. The summed E-state index contributed by atoms with van der Waals surface area (Å²) in [6, 6.07) is 5.81. The summed E-state index contributed by atoms with van der Waals surface area (Å²) in [6.45, 7) is 7.48. The molecule has 2 aromatic rings. The first-order chi connectivity index (χ1) is 9.46. The van der Waals surface area contributed by atoms with Gasteiger partial charge >= 0.3 is 5.97 Å². The maximum atomic E-state index is 12.3. The number of hydrogen-bond donors (Lipinski definition) is 2. The van der Waals surface area contributed by atoms with Crippen molar-refractivity contribution in [3.63, 3.8) is 0 Å².